The number of carbonyl (C=O) groups excluding carboxylic acids is 4. The van der Waals surface area contributed by atoms with Crippen molar-refractivity contribution in [3.05, 3.63) is 12.2 Å². The van der Waals surface area contributed by atoms with Gasteiger partial charge in [-0.05, 0) is 25.2 Å². The zero-order chi connectivity index (χ0) is 32.8. The topological polar surface area (TPSA) is 148 Å². The first-order valence-corrected chi connectivity index (χ1v) is 18.8. The average Bonchev–Trinajstić information content (AvgIpc) is 3.60. The highest BCUT2D eigenvalue weighted by atomic mass is 32.2. The summed E-state index contributed by atoms with van der Waals surface area (Å²) in [6, 6.07) is 0.401. The number of allylic oxidation sites excluding steroid dienone is 1. The predicted octanol–water partition coefficient (Wildman–Crippen LogP) is 0.917. The lowest BCUT2D eigenvalue weighted by Crippen LogP contribution is -2.48. The summed E-state index contributed by atoms with van der Waals surface area (Å²) in [5.74, 6) is 1.74. The summed E-state index contributed by atoms with van der Waals surface area (Å²) in [6.45, 7) is 7.70. The van der Waals surface area contributed by atoms with Gasteiger partial charge >= 0.3 is 6.03 Å². The number of nitrogens with one attached hydrogen (secondary N) is 3. The lowest BCUT2D eigenvalue weighted by Gasteiger charge is -2.34. The normalized spacial score (nSPS) is 21.4. The third kappa shape index (κ3) is 15.8. The third-order valence-corrected chi connectivity index (χ3v) is 9.99. The van der Waals surface area contributed by atoms with Crippen LogP contribution in [0.2, 0.25) is 0 Å². The molecule has 3 rings (SSSR count). The molecule has 262 valence electrons. The van der Waals surface area contributed by atoms with Crippen molar-refractivity contribution in [1.82, 2.24) is 25.8 Å². The number of ether oxygens (including phenoxy) is 4. The molecule has 3 atom stereocenters. The minimum atomic E-state index is -0.0625. The Balaban J connectivity index is 1.01. The first kappa shape index (κ1) is 38.6. The molecule has 2 unspecified atom stereocenters. The number of unbranched alkanes of at least 4 members (excludes halogenated alkanes) is 1. The molecule has 3 heterocycles. The Kier molecular flexibility index (Phi) is 19.7. The quantitative estimate of drug-likeness (QED) is 0.0715. The van der Waals surface area contributed by atoms with E-state index in [-0.39, 0.29) is 35.7 Å². The molecule has 3 N–H and O–H groups in total. The van der Waals surface area contributed by atoms with Crippen molar-refractivity contribution in [1.29, 1.82) is 0 Å². The minimum absolute atomic E-state index is 0.0382. The second-order valence-corrected chi connectivity index (χ2v) is 13.5. The fourth-order valence-electron chi connectivity index (χ4n) is 5.41. The van der Waals surface area contributed by atoms with Gasteiger partial charge in [0.2, 0.25) is 11.8 Å². The summed E-state index contributed by atoms with van der Waals surface area (Å²) in [4.78, 5) is 51.6. The molecule has 0 bridgehead atoms. The molecule has 3 fully saturated rings. The number of rotatable bonds is 25. The van der Waals surface area contributed by atoms with Crippen LogP contribution >= 0.6 is 23.5 Å². The molecular weight excluding hydrogens is 635 g/mol. The van der Waals surface area contributed by atoms with Gasteiger partial charge in [-0.15, -0.1) is 0 Å². The van der Waals surface area contributed by atoms with Crippen molar-refractivity contribution in [2.24, 2.45) is 0 Å². The maximum atomic E-state index is 12.4. The smallest absolute Gasteiger partial charge is 0.315 e. The van der Waals surface area contributed by atoms with Crippen LogP contribution in [0.1, 0.15) is 32.1 Å². The standard InChI is InChI=1S/C31H53N5O8S2/c1-45-23-25(37)5-4-10-35-11-13-36(14-12-35)29(39)8-15-41-17-19-43-21-22-44-20-18-42-16-9-32-28(38)7-3-2-6-27-30-26(24-46-27)33-31(40)34-30/h4-5,26-27,30H,2-3,6-24H2,1H3,(H,32,38)(H2,33,34,40)/b5-4+/t26?,27-,30?/m0/s1. The van der Waals surface area contributed by atoms with Crippen LogP contribution in [0.3, 0.4) is 0 Å². The van der Waals surface area contributed by atoms with Crippen molar-refractivity contribution in [2.45, 2.75) is 49.4 Å². The van der Waals surface area contributed by atoms with E-state index in [4.69, 9.17) is 18.9 Å². The van der Waals surface area contributed by atoms with E-state index in [1.165, 1.54) is 11.8 Å². The van der Waals surface area contributed by atoms with Crippen LogP contribution in [-0.2, 0) is 33.3 Å². The van der Waals surface area contributed by atoms with Gasteiger partial charge in [-0.2, -0.15) is 23.5 Å². The van der Waals surface area contributed by atoms with Crippen molar-refractivity contribution in [2.75, 3.05) is 110 Å². The number of thioether (sulfide) groups is 2. The van der Waals surface area contributed by atoms with E-state index in [2.05, 4.69) is 20.9 Å². The maximum Gasteiger partial charge on any atom is 0.315 e. The fourth-order valence-corrected chi connectivity index (χ4v) is 7.33. The zero-order valence-electron chi connectivity index (χ0n) is 27.2. The van der Waals surface area contributed by atoms with Gasteiger partial charge in [0.15, 0.2) is 5.78 Å². The molecule has 0 spiro atoms. The molecule has 0 aromatic heterocycles. The van der Waals surface area contributed by atoms with Gasteiger partial charge in [-0.1, -0.05) is 12.5 Å². The molecule has 0 aromatic carbocycles. The molecule has 3 saturated heterocycles. The Bertz CT molecular complexity index is 954. The van der Waals surface area contributed by atoms with Gasteiger partial charge < -0.3 is 39.8 Å². The van der Waals surface area contributed by atoms with Crippen molar-refractivity contribution < 1.29 is 38.1 Å². The SMILES string of the molecule is CSCC(=O)/C=C/CN1CCN(C(=O)CCOCCOCCOCCOCCNC(=O)CCCC[C@@H]2SCC3NC(=O)NC32)CC1. The van der Waals surface area contributed by atoms with E-state index < -0.39 is 0 Å². The number of urea groups is 1. The highest BCUT2D eigenvalue weighted by Gasteiger charge is 2.42. The number of fused-ring (bicyclic) bond motifs is 1. The highest BCUT2D eigenvalue weighted by Crippen LogP contribution is 2.33. The number of carbonyl (C=O) groups is 4. The molecule has 3 aliphatic heterocycles. The molecular formula is C31H53N5O8S2. The number of piperazine rings is 1. The van der Waals surface area contributed by atoms with E-state index in [0.717, 1.165) is 44.6 Å². The van der Waals surface area contributed by atoms with E-state index in [9.17, 15) is 19.2 Å². The lowest BCUT2D eigenvalue weighted by molar-refractivity contribution is -0.134. The third-order valence-electron chi connectivity index (χ3n) is 7.90. The minimum Gasteiger partial charge on any atom is -0.379 e. The van der Waals surface area contributed by atoms with Crippen LogP contribution in [0, 0.1) is 0 Å². The van der Waals surface area contributed by atoms with Crippen LogP contribution in [-0.4, -0.2) is 161 Å². The Morgan fingerprint density at radius 2 is 1.59 bits per heavy atom. The zero-order valence-corrected chi connectivity index (χ0v) is 28.8. The number of nitrogens with zero attached hydrogens (tertiary/aromatic N) is 2. The van der Waals surface area contributed by atoms with Crippen LogP contribution in [0.5, 0.6) is 0 Å². The number of hydrogen-bond acceptors (Lipinski definition) is 11. The summed E-state index contributed by atoms with van der Waals surface area (Å²) in [6.07, 6.45) is 9.16. The molecule has 13 nitrogen and oxygen atoms in total. The van der Waals surface area contributed by atoms with Gasteiger partial charge in [-0.3, -0.25) is 19.3 Å². The fraction of sp³-hybridized carbons (Fsp3) is 0.806. The Morgan fingerprint density at radius 3 is 2.28 bits per heavy atom. The molecule has 0 aromatic rings. The van der Waals surface area contributed by atoms with E-state index in [1.54, 1.807) is 6.08 Å². The van der Waals surface area contributed by atoms with Gasteiger partial charge in [-0.25, -0.2) is 4.79 Å². The average molecular weight is 688 g/mol. The van der Waals surface area contributed by atoms with Gasteiger partial charge in [0.05, 0.1) is 77.1 Å². The van der Waals surface area contributed by atoms with E-state index in [1.807, 2.05) is 29.0 Å². The Labute approximate surface area is 281 Å². The van der Waals surface area contributed by atoms with E-state index in [0.29, 0.717) is 96.3 Å². The van der Waals surface area contributed by atoms with Crippen molar-refractivity contribution in [3.63, 3.8) is 0 Å². The molecule has 3 aliphatic rings. The van der Waals surface area contributed by atoms with Crippen LogP contribution in [0.4, 0.5) is 4.79 Å². The largest absolute Gasteiger partial charge is 0.379 e. The molecule has 4 amide bonds. The highest BCUT2D eigenvalue weighted by molar-refractivity contribution is 8.00. The first-order chi connectivity index (χ1) is 22.5. The monoisotopic (exact) mass is 687 g/mol. The molecule has 15 heteroatoms. The summed E-state index contributed by atoms with van der Waals surface area (Å²) in [7, 11) is 0. The molecule has 0 aliphatic carbocycles. The van der Waals surface area contributed by atoms with Crippen molar-refractivity contribution >= 4 is 47.2 Å². The number of amides is 4. The molecule has 0 radical (unpaired) electrons. The second-order valence-electron chi connectivity index (χ2n) is 11.4. The van der Waals surface area contributed by atoms with Gasteiger partial charge in [0, 0.05) is 56.7 Å². The maximum absolute atomic E-state index is 12.4. The van der Waals surface area contributed by atoms with Gasteiger partial charge in [0.25, 0.3) is 0 Å². The summed E-state index contributed by atoms with van der Waals surface area (Å²) < 4.78 is 22.1. The molecule has 46 heavy (non-hydrogen) atoms. The summed E-state index contributed by atoms with van der Waals surface area (Å²) in [5, 5.41) is 9.27. The Hall–Kier alpha value is -1.88. The van der Waals surface area contributed by atoms with Gasteiger partial charge in [0.1, 0.15) is 0 Å². The summed E-state index contributed by atoms with van der Waals surface area (Å²) in [5.41, 5.74) is 0. The van der Waals surface area contributed by atoms with Crippen molar-refractivity contribution in [3.8, 4) is 0 Å². The summed E-state index contributed by atoms with van der Waals surface area (Å²) >= 11 is 3.42. The van der Waals surface area contributed by atoms with Crippen LogP contribution in [0.25, 0.3) is 0 Å². The second kappa shape index (κ2) is 23.4. The molecule has 0 saturated carbocycles. The number of ketones is 1. The Morgan fingerprint density at radius 1 is 0.913 bits per heavy atom. The van der Waals surface area contributed by atoms with Crippen LogP contribution in [0.15, 0.2) is 12.2 Å². The van der Waals surface area contributed by atoms with E-state index >= 15 is 0 Å². The van der Waals surface area contributed by atoms with Crippen LogP contribution < -0.4 is 16.0 Å². The lowest BCUT2D eigenvalue weighted by atomic mass is 10.0. The number of hydrogen-bond donors (Lipinski definition) is 3. The predicted molar refractivity (Wildman–Crippen MR) is 180 cm³/mol. The first-order valence-electron chi connectivity index (χ1n) is 16.4.